The van der Waals surface area contributed by atoms with Crippen molar-refractivity contribution < 1.29 is 18.8 Å². The van der Waals surface area contributed by atoms with Crippen LogP contribution in [0.5, 0.6) is 0 Å². The average molecular weight is 422 g/mol. The molecular weight excluding hydrogens is 396 g/mol. The molecule has 0 aliphatic carbocycles. The highest BCUT2D eigenvalue weighted by molar-refractivity contribution is 5.93. The van der Waals surface area contributed by atoms with Gasteiger partial charge in [0.15, 0.2) is 5.82 Å². The fourth-order valence-electron chi connectivity index (χ4n) is 5.07. The van der Waals surface area contributed by atoms with Crippen molar-refractivity contribution in [1.82, 2.24) is 19.9 Å². The van der Waals surface area contributed by atoms with Crippen molar-refractivity contribution in [2.45, 2.75) is 45.6 Å². The van der Waals surface area contributed by atoms with Gasteiger partial charge < -0.3 is 19.1 Å². The van der Waals surface area contributed by atoms with E-state index in [0.29, 0.717) is 24.8 Å². The smallest absolute Gasteiger partial charge is 0.230 e. The van der Waals surface area contributed by atoms with Crippen LogP contribution in [0.15, 0.2) is 34.9 Å². The number of likely N-dealkylation sites (tertiary alicyclic amines) is 1. The van der Waals surface area contributed by atoms with Crippen molar-refractivity contribution in [3.05, 3.63) is 58.8 Å². The summed E-state index contributed by atoms with van der Waals surface area (Å²) in [4.78, 5) is 34.3. The molecule has 8 heteroatoms. The molecule has 8 nitrogen and oxygen atoms in total. The van der Waals surface area contributed by atoms with E-state index in [9.17, 15) is 9.59 Å². The molecule has 2 bridgehead atoms. The van der Waals surface area contributed by atoms with Crippen molar-refractivity contribution in [3.8, 4) is 0 Å². The van der Waals surface area contributed by atoms with Crippen LogP contribution in [0.1, 0.15) is 28.4 Å². The van der Waals surface area contributed by atoms with Gasteiger partial charge in [0.1, 0.15) is 5.60 Å². The number of aryl methyl sites for hydroxylation is 3. The Morgan fingerprint density at radius 3 is 2.81 bits per heavy atom. The maximum atomic E-state index is 13.4. The van der Waals surface area contributed by atoms with E-state index in [1.807, 2.05) is 17.1 Å². The van der Waals surface area contributed by atoms with Crippen molar-refractivity contribution >= 4 is 11.8 Å². The third-order valence-corrected chi connectivity index (χ3v) is 6.73. The Morgan fingerprint density at radius 2 is 2.10 bits per heavy atom. The minimum Gasteiger partial charge on any atom is -0.360 e. The summed E-state index contributed by atoms with van der Waals surface area (Å²) < 4.78 is 11.2. The van der Waals surface area contributed by atoms with Gasteiger partial charge in [-0.1, -0.05) is 35.5 Å². The highest BCUT2D eigenvalue weighted by Crippen LogP contribution is 2.52. The number of hydrogen-bond donors (Lipinski definition) is 0. The fourth-order valence-corrected chi connectivity index (χ4v) is 5.07. The first kappa shape index (κ1) is 19.9. The lowest BCUT2D eigenvalue weighted by molar-refractivity contribution is -0.143. The second kappa shape index (κ2) is 7.02. The van der Waals surface area contributed by atoms with E-state index < -0.39 is 17.4 Å². The molecule has 5 rings (SSSR count). The van der Waals surface area contributed by atoms with E-state index in [-0.39, 0.29) is 24.5 Å². The molecule has 1 spiro atoms. The van der Waals surface area contributed by atoms with Crippen LogP contribution >= 0.6 is 0 Å². The van der Waals surface area contributed by atoms with Crippen LogP contribution in [-0.4, -0.2) is 57.1 Å². The molecule has 3 aliphatic heterocycles. The van der Waals surface area contributed by atoms with Crippen molar-refractivity contribution in [1.29, 1.82) is 0 Å². The minimum absolute atomic E-state index is 0.0211. The summed E-state index contributed by atoms with van der Waals surface area (Å²) >= 11 is 0. The molecule has 0 radical (unpaired) electrons. The van der Waals surface area contributed by atoms with Gasteiger partial charge in [0.2, 0.25) is 17.7 Å². The number of amides is 2. The second-order valence-corrected chi connectivity index (χ2v) is 8.94. The molecule has 3 aliphatic rings. The number of nitrogens with zero attached hydrogens (tertiary/aromatic N) is 4. The Bertz CT molecular complexity index is 1090. The number of rotatable bonds is 5. The van der Waals surface area contributed by atoms with E-state index >= 15 is 0 Å². The summed E-state index contributed by atoms with van der Waals surface area (Å²) in [5, 5.41) is 3.86. The van der Waals surface area contributed by atoms with Gasteiger partial charge in [-0.05, 0) is 30.5 Å². The molecular formula is C23H26N4O4. The molecule has 2 amide bonds. The molecule has 4 atom stereocenters. The summed E-state index contributed by atoms with van der Waals surface area (Å²) in [6.45, 7) is 7.05. The first-order valence-electron chi connectivity index (χ1n) is 10.5. The summed E-state index contributed by atoms with van der Waals surface area (Å²) in [7, 11) is 1.70. The van der Waals surface area contributed by atoms with Gasteiger partial charge in [-0.25, -0.2) is 0 Å². The largest absolute Gasteiger partial charge is 0.360 e. The van der Waals surface area contributed by atoms with Gasteiger partial charge in [-0.3, -0.25) is 9.59 Å². The normalized spacial score (nSPS) is 28.5. The topological polar surface area (TPSA) is 88.8 Å². The summed E-state index contributed by atoms with van der Waals surface area (Å²) in [5.74, 6) is -0.306. The zero-order chi connectivity index (χ0) is 21.9. The minimum atomic E-state index is -0.717. The first-order chi connectivity index (χ1) is 14.8. The molecule has 0 saturated carbocycles. The summed E-state index contributed by atoms with van der Waals surface area (Å²) in [6, 6.07) is 6.25. The lowest BCUT2D eigenvalue weighted by Gasteiger charge is -2.27. The highest BCUT2D eigenvalue weighted by atomic mass is 16.5. The van der Waals surface area contributed by atoms with Gasteiger partial charge in [-0.2, -0.15) is 4.98 Å². The Labute approximate surface area is 180 Å². The SMILES string of the molecule is Cc1nc(CN(C)C(=O)C2C3C(=O)N(Cc4ccc(C)c(C)c4)C[C@]34C=C[C@H]2O4)no1. The van der Waals surface area contributed by atoms with Gasteiger partial charge >= 0.3 is 0 Å². The lowest BCUT2D eigenvalue weighted by Crippen LogP contribution is -2.44. The van der Waals surface area contributed by atoms with E-state index in [1.165, 1.54) is 11.1 Å². The van der Waals surface area contributed by atoms with Gasteiger partial charge in [0.25, 0.3) is 0 Å². The zero-order valence-electron chi connectivity index (χ0n) is 18.2. The van der Waals surface area contributed by atoms with Crippen LogP contribution in [-0.2, 0) is 27.4 Å². The Balaban J connectivity index is 1.35. The number of aromatic nitrogens is 2. The molecule has 31 heavy (non-hydrogen) atoms. The molecule has 4 heterocycles. The van der Waals surface area contributed by atoms with Crippen LogP contribution in [0.2, 0.25) is 0 Å². The molecule has 2 unspecified atom stereocenters. The van der Waals surface area contributed by atoms with Crippen molar-refractivity contribution in [2.24, 2.45) is 11.8 Å². The van der Waals surface area contributed by atoms with Crippen LogP contribution in [0, 0.1) is 32.6 Å². The number of benzene rings is 1. The Kier molecular flexibility index (Phi) is 4.51. The van der Waals surface area contributed by atoms with Gasteiger partial charge in [0.05, 0.1) is 31.0 Å². The van der Waals surface area contributed by atoms with E-state index in [4.69, 9.17) is 9.26 Å². The average Bonchev–Trinajstić information content (AvgIpc) is 3.46. The standard InChI is InChI=1S/C23H26N4O4/c1-13-5-6-16(9-14(13)2)10-27-12-23-8-7-17(30-23)19(20(23)22(27)29)21(28)26(4)11-18-24-15(3)31-25-18/h5-9,17,19-20H,10-12H2,1-4H3/t17-,19?,20?,23-/m1/s1. The van der Waals surface area contributed by atoms with E-state index in [0.717, 1.165) is 5.56 Å². The van der Waals surface area contributed by atoms with Crippen molar-refractivity contribution in [3.63, 3.8) is 0 Å². The molecule has 2 fully saturated rings. The third kappa shape index (κ3) is 3.17. The van der Waals surface area contributed by atoms with Crippen LogP contribution < -0.4 is 0 Å². The van der Waals surface area contributed by atoms with E-state index in [1.54, 1.807) is 18.9 Å². The number of carbonyl (C=O) groups is 2. The maximum absolute atomic E-state index is 13.4. The first-order valence-corrected chi connectivity index (χ1v) is 10.5. The number of ether oxygens (including phenoxy) is 1. The molecule has 2 aromatic rings. The third-order valence-electron chi connectivity index (χ3n) is 6.73. The predicted octanol–water partition coefficient (Wildman–Crippen LogP) is 1.94. The highest BCUT2D eigenvalue weighted by Gasteiger charge is 2.67. The second-order valence-electron chi connectivity index (χ2n) is 8.94. The van der Waals surface area contributed by atoms with Gasteiger partial charge in [0, 0.05) is 20.5 Å². The Hall–Kier alpha value is -3.00. The van der Waals surface area contributed by atoms with E-state index in [2.05, 4.69) is 42.2 Å². The summed E-state index contributed by atoms with van der Waals surface area (Å²) in [5.41, 5.74) is 2.79. The van der Waals surface area contributed by atoms with Crippen LogP contribution in [0.3, 0.4) is 0 Å². The molecule has 0 N–H and O–H groups in total. The predicted molar refractivity (Wildman–Crippen MR) is 111 cm³/mol. The fraction of sp³-hybridized carbons (Fsp3) is 0.478. The molecule has 1 aromatic carbocycles. The lowest BCUT2D eigenvalue weighted by atomic mass is 9.76. The van der Waals surface area contributed by atoms with Crippen LogP contribution in [0.4, 0.5) is 0 Å². The molecule has 2 saturated heterocycles. The molecule has 1 aromatic heterocycles. The number of fused-ring (bicyclic) bond motifs is 1. The van der Waals surface area contributed by atoms with Gasteiger partial charge in [-0.15, -0.1) is 0 Å². The maximum Gasteiger partial charge on any atom is 0.230 e. The number of carbonyl (C=O) groups excluding carboxylic acids is 2. The van der Waals surface area contributed by atoms with Crippen LogP contribution in [0.25, 0.3) is 0 Å². The molecule has 162 valence electrons. The number of hydrogen-bond acceptors (Lipinski definition) is 6. The monoisotopic (exact) mass is 422 g/mol. The Morgan fingerprint density at radius 1 is 1.29 bits per heavy atom. The summed E-state index contributed by atoms with van der Waals surface area (Å²) in [6.07, 6.45) is 3.53. The zero-order valence-corrected chi connectivity index (χ0v) is 18.2. The quantitative estimate of drug-likeness (QED) is 0.684. The van der Waals surface area contributed by atoms with Crippen molar-refractivity contribution in [2.75, 3.05) is 13.6 Å².